The Bertz CT molecular complexity index is 421. The highest BCUT2D eigenvalue weighted by atomic mass is 19.4. The summed E-state index contributed by atoms with van der Waals surface area (Å²) in [6.07, 6.45) is -2.36. The van der Waals surface area contributed by atoms with E-state index in [9.17, 15) is 13.2 Å². The van der Waals surface area contributed by atoms with E-state index < -0.39 is 11.7 Å². The summed E-state index contributed by atoms with van der Waals surface area (Å²) < 4.78 is 38.4. The fraction of sp³-hybridized carbons (Fsp3) is 0.571. The van der Waals surface area contributed by atoms with E-state index in [0.29, 0.717) is 0 Å². The molecule has 1 aromatic rings. The van der Waals surface area contributed by atoms with Crippen LogP contribution in [0, 0.1) is 6.92 Å². The molecule has 0 amide bonds. The molecule has 1 heterocycles. The molecule has 1 N–H and O–H groups in total. The van der Waals surface area contributed by atoms with E-state index in [1.807, 2.05) is 6.92 Å². The number of halogens is 3. The summed E-state index contributed by atoms with van der Waals surface area (Å²) in [5.41, 5.74) is 1.06. The molecule has 0 unspecified atom stereocenters. The maximum absolute atomic E-state index is 12.8. The lowest BCUT2D eigenvalue weighted by molar-refractivity contribution is -0.137. The lowest BCUT2D eigenvalue weighted by Crippen LogP contribution is -2.34. The summed E-state index contributed by atoms with van der Waals surface area (Å²) in [5.74, 6) is 0. The van der Waals surface area contributed by atoms with E-state index in [2.05, 4.69) is 10.2 Å². The third kappa shape index (κ3) is 3.62. The predicted octanol–water partition coefficient (Wildman–Crippen LogP) is 3.20. The molecule has 1 saturated heterocycles. The van der Waals surface area contributed by atoms with Crippen molar-refractivity contribution in [2.75, 3.05) is 31.1 Å². The molecular formula is C14H19F3N2. The van der Waals surface area contributed by atoms with Crippen molar-refractivity contribution in [3.05, 3.63) is 29.3 Å². The van der Waals surface area contributed by atoms with Gasteiger partial charge in [0.1, 0.15) is 0 Å². The Labute approximate surface area is 111 Å². The summed E-state index contributed by atoms with van der Waals surface area (Å²) in [5, 5.41) is 3.30. The lowest BCUT2D eigenvalue weighted by atomic mass is 10.1. The number of hydrogen-bond donors (Lipinski definition) is 1. The fourth-order valence-corrected chi connectivity index (χ4v) is 2.39. The minimum absolute atomic E-state index is 0.562. The standard InChI is InChI=1S/C14H19F3N2/c1-11-4-5-12(14(15,16)17)10-13(11)19-8-2-6-18-7-3-9-19/h4-5,10,18H,2-3,6-9H2,1H3. The number of alkyl halides is 3. The van der Waals surface area contributed by atoms with Gasteiger partial charge in [-0.3, -0.25) is 0 Å². The summed E-state index contributed by atoms with van der Waals surface area (Å²) in [6, 6.07) is 4.00. The molecule has 0 bridgehead atoms. The van der Waals surface area contributed by atoms with Crippen molar-refractivity contribution in [3.63, 3.8) is 0 Å². The predicted molar refractivity (Wildman–Crippen MR) is 70.5 cm³/mol. The maximum Gasteiger partial charge on any atom is 0.416 e. The molecule has 0 aromatic heterocycles. The van der Waals surface area contributed by atoms with Crippen molar-refractivity contribution in [3.8, 4) is 0 Å². The summed E-state index contributed by atoms with van der Waals surface area (Å²) in [6.45, 7) is 5.32. The van der Waals surface area contributed by atoms with Gasteiger partial charge in [0.15, 0.2) is 0 Å². The average molecular weight is 272 g/mol. The van der Waals surface area contributed by atoms with Crippen molar-refractivity contribution < 1.29 is 13.2 Å². The van der Waals surface area contributed by atoms with E-state index in [1.165, 1.54) is 6.07 Å². The van der Waals surface area contributed by atoms with E-state index in [4.69, 9.17) is 0 Å². The van der Waals surface area contributed by atoms with Crippen LogP contribution in [0.2, 0.25) is 0 Å². The van der Waals surface area contributed by atoms with Crippen LogP contribution in [-0.4, -0.2) is 26.2 Å². The van der Waals surface area contributed by atoms with E-state index in [0.717, 1.165) is 56.3 Å². The highest BCUT2D eigenvalue weighted by molar-refractivity contribution is 5.55. The molecule has 19 heavy (non-hydrogen) atoms. The molecular weight excluding hydrogens is 253 g/mol. The Hall–Kier alpha value is -1.23. The molecule has 0 radical (unpaired) electrons. The van der Waals surface area contributed by atoms with Crippen molar-refractivity contribution >= 4 is 5.69 Å². The quantitative estimate of drug-likeness (QED) is 0.844. The highest BCUT2D eigenvalue weighted by Crippen LogP contribution is 2.33. The van der Waals surface area contributed by atoms with Crippen molar-refractivity contribution in [2.45, 2.75) is 25.9 Å². The number of benzene rings is 1. The smallest absolute Gasteiger partial charge is 0.371 e. The third-order valence-corrected chi connectivity index (χ3v) is 3.44. The van der Waals surface area contributed by atoms with Gasteiger partial charge in [0.25, 0.3) is 0 Å². The first-order chi connectivity index (χ1) is 8.98. The Kier molecular flexibility index (Phi) is 4.34. The van der Waals surface area contributed by atoms with Gasteiger partial charge in [0.2, 0.25) is 0 Å². The average Bonchev–Trinajstić information content (AvgIpc) is 2.28. The largest absolute Gasteiger partial charge is 0.416 e. The number of nitrogens with one attached hydrogen (secondary N) is 1. The first-order valence-corrected chi connectivity index (χ1v) is 6.62. The Morgan fingerprint density at radius 3 is 2.32 bits per heavy atom. The lowest BCUT2D eigenvalue weighted by Gasteiger charge is -2.29. The van der Waals surface area contributed by atoms with Crippen LogP contribution < -0.4 is 10.2 Å². The van der Waals surface area contributed by atoms with E-state index >= 15 is 0 Å². The molecule has 0 aliphatic carbocycles. The molecule has 0 atom stereocenters. The van der Waals surface area contributed by atoms with Gasteiger partial charge in [-0.1, -0.05) is 6.07 Å². The van der Waals surface area contributed by atoms with Crippen LogP contribution in [0.1, 0.15) is 24.0 Å². The van der Waals surface area contributed by atoms with Gasteiger partial charge >= 0.3 is 6.18 Å². The van der Waals surface area contributed by atoms with Gasteiger partial charge in [-0.05, 0) is 50.6 Å². The van der Waals surface area contributed by atoms with Gasteiger partial charge in [-0.25, -0.2) is 0 Å². The minimum atomic E-state index is -4.27. The molecule has 1 aliphatic rings. The van der Waals surface area contributed by atoms with Crippen molar-refractivity contribution in [2.24, 2.45) is 0 Å². The molecule has 1 aliphatic heterocycles. The molecule has 5 heteroatoms. The Morgan fingerprint density at radius 2 is 1.74 bits per heavy atom. The van der Waals surface area contributed by atoms with Gasteiger partial charge in [-0.15, -0.1) is 0 Å². The van der Waals surface area contributed by atoms with Crippen LogP contribution in [0.4, 0.5) is 18.9 Å². The van der Waals surface area contributed by atoms with Crippen LogP contribution in [0.15, 0.2) is 18.2 Å². The summed E-state index contributed by atoms with van der Waals surface area (Å²) >= 11 is 0. The first kappa shape index (κ1) is 14.2. The molecule has 1 aromatic carbocycles. The first-order valence-electron chi connectivity index (χ1n) is 6.62. The van der Waals surface area contributed by atoms with Crippen LogP contribution in [-0.2, 0) is 6.18 Å². The van der Waals surface area contributed by atoms with Crippen LogP contribution >= 0.6 is 0 Å². The van der Waals surface area contributed by atoms with Crippen LogP contribution in [0.25, 0.3) is 0 Å². The fourth-order valence-electron chi connectivity index (χ4n) is 2.39. The topological polar surface area (TPSA) is 15.3 Å². The normalized spacial score (nSPS) is 18.0. The zero-order chi connectivity index (χ0) is 13.9. The summed E-state index contributed by atoms with van der Waals surface area (Å²) in [7, 11) is 0. The second-order valence-electron chi connectivity index (χ2n) is 4.94. The zero-order valence-corrected chi connectivity index (χ0v) is 11.1. The number of anilines is 1. The van der Waals surface area contributed by atoms with Gasteiger partial charge in [-0.2, -0.15) is 13.2 Å². The molecule has 1 fully saturated rings. The number of aryl methyl sites for hydroxylation is 1. The highest BCUT2D eigenvalue weighted by Gasteiger charge is 2.31. The Morgan fingerprint density at radius 1 is 1.11 bits per heavy atom. The number of rotatable bonds is 1. The molecule has 2 rings (SSSR count). The number of nitrogens with zero attached hydrogens (tertiary/aromatic N) is 1. The summed E-state index contributed by atoms with van der Waals surface area (Å²) in [4.78, 5) is 2.07. The Balaban J connectivity index is 2.26. The second-order valence-corrected chi connectivity index (χ2v) is 4.94. The molecule has 0 spiro atoms. The minimum Gasteiger partial charge on any atom is -0.371 e. The SMILES string of the molecule is Cc1ccc(C(F)(F)F)cc1N1CCCNCCC1. The zero-order valence-electron chi connectivity index (χ0n) is 11.1. The van der Waals surface area contributed by atoms with Crippen molar-refractivity contribution in [1.29, 1.82) is 0 Å². The van der Waals surface area contributed by atoms with Crippen molar-refractivity contribution in [1.82, 2.24) is 5.32 Å². The maximum atomic E-state index is 12.8. The van der Waals surface area contributed by atoms with Crippen LogP contribution in [0.5, 0.6) is 0 Å². The molecule has 106 valence electrons. The number of hydrogen-bond acceptors (Lipinski definition) is 2. The third-order valence-electron chi connectivity index (χ3n) is 3.44. The van der Waals surface area contributed by atoms with Gasteiger partial charge in [0.05, 0.1) is 5.56 Å². The van der Waals surface area contributed by atoms with Crippen LogP contribution in [0.3, 0.4) is 0 Å². The van der Waals surface area contributed by atoms with Gasteiger partial charge < -0.3 is 10.2 Å². The second kappa shape index (κ2) is 5.82. The van der Waals surface area contributed by atoms with E-state index in [1.54, 1.807) is 6.07 Å². The monoisotopic (exact) mass is 272 g/mol. The van der Waals surface area contributed by atoms with E-state index in [-0.39, 0.29) is 0 Å². The van der Waals surface area contributed by atoms with Gasteiger partial charge in [0, 0.05) is 18.8 Å². The molecule has 2 nitrogen and oxygen atoms in total. The molecule has 0 saturated carbocycles.